The molecule has 0 fully saturated rings. The summed E-state index contributed by atoms with van der Waals surface area (Å²) in [6.45, 7) is -1.92. The van der Waals surface area contributed by atoms with Crippen molar-refractivity contribution in [3.8, 4) is 5.75 Å². The molecule has 1 aromatic rings. The van der Waals surface area contributed by atoms with Gasteiger partial charge in [-0.1, -0.05) is 6.07 Å². The third-order valence-electron chi connectivity index (χ3n) is 2.86. The zero-order chi connectivity index (χ0) is 14.6. The van der Waals surface area contributed by atoms with E-state index in [2.05, 4.69) is 4.84 Å². The first-order valence-electron chi connectivity index (χ1n) is 6.16. The highest BCUT2D eigenvalue weighted by Crippen LogP contribution is 2.25. The third kappa shape index (κ3) is 4.41. The molecule has 0 bridgehead atoms. The largest absolute Gasteiger partial charge is 0.484 e. The summed E-state index contributed by atoms with van der Waals surface area (Å²) < 4.78 is 40.5. The van der Waals surface area contributed by atoms with E-state index >= 15 is 0 Å². The Kier molecular flexibility index (Phi) is 4.49. The molecule has 0 aliphatic heterocycles. The highest BCUT2D eigenvalue weighted by atomic mass is 19.4. The maximum absolute atomic E-state index is 11.8. The Hall–Kier alpha value is -1.76. The molecule has 0 spiro atoms. The molecule has 20 heavy (non-hydrogen) atoms. The number of amides is 1. The lowest BCUT2D eigenvalue weighted by atomic mass is 10.1. The Morgan fingerprint density at radius 3 is 2.75 bits per heavy atom. The molecule has 0 unspecified atom stereocenters. The fourth-order valence-electron chi connectivity index (χ4n) is 2.01. The summed E-state index contributed by atoms with van der Waals surface area (Å²) in [4.78, 5) is 15.2. The van der Waals surface area contributed by atoms with E-state index in [0.29, 0.717) is 5.75 Å². The SMILES string of the molecule is O=C(COc1ccc2c(c1)CCC2)NOCC(F)(F)F. The fraction of sp³-hybridized carbons (Fsp3) is 0.462. The normalized spacial score (nSPS) is 13.9. The van der Waals surface area contributed by atoms with Crippen LogP contribution in [0.4, 0.5) is 13.2 Å². The molecule has 7 heteroatoms. The quantitative estimate of drug-likeness (QED) is 0.845. The van der Waals surface area contributed by atoms with Gasteiger partial charge in [-0.3, -0.25) is 9.63 Å². The van der Waals surface area contributed by atoms with E-state index in [0.717, 1.165) is 19.3 Å². The Balaban J connectivity index is 1.73. The van der Waals surface area contributed by atoms with Gasteiger partial charge in [0, 0.05) is 0 Å². The number of rotatable bonds is 5. The van der Waals surface area contributed by atoms with Gasteiger partial charge in [0.1, 0.15) is 5.75 Å². The van der Waals surface area contributed by atoms with Crippen LogP contribution in [0.5, 0.6) is 5.75 Å². The maximum atomic E-state index is 11.8. The highest BCUT2D eigenvalue weighted by molar-refractivity contribution is 5.76. The second-order valence-corrected chi connectivity index (χ2v) is 4.50. The van der Waals surface area contributed by atoms with Crippen LogP contribution < -0.4 is 10.2 Å². The molecular weight excluding hydrogens is 275 g/mol. The van der Waals surface area contributed by atoms with Gasteiger partial charge in [0.15, 0.2) is 13.2 Å². The van der Waals surface area contributed by atoms with E-state index in [-0.39, 0.29) is 0 Å². The first-order valence-corrected chi connectivity index (χ1v) is 6.16. The number of ether oxygens (including phenoxy) is 1. The van der Waals surface area contributed by atoms with Gasteiger partial charge in [-0.15, -0.1) is 0 Å². The standard InChI is InChI=1S/C13H14F3NO3/c14-13(15,16)8-20-17-12(18)7-19-11-5-4-9-2-1-3-10(9)6-11/h4-6H,1-3,7-8H2,(H,17,18). The van der Waals surface area contributed by atoms with Crippen molar-refractivity contribution in [3.05, 3.63) is 29.3 Å². The lowest BCUT2D eigenvalue weighted by Crippen LogP contribution is -2.32. The second kappa shape index (κ2) is 6.13. The molecule has 0 heterocycles. The summed E-state index contributed by atoms with van der Waals surface area (Å²) >= 11 is 0. The van der Waals surface area contributed by atoms with Crippen molar-refractivity contribution in [3.63, 3.8) is 0 Å². The highest BCUT2D eigenvalue weighted by Gasteiger charge is 2.28. The molecule has 0 atom stereocenters. The van der Waals surface area contributed by atoms with Crippen LogP contribution in [0.1, 0.15) is 17.5 Å². The molecule has 4 nitrogen and oxygen atoms in total. The number of fused-ring (bicyclic) bond motifs is 1. The van der Waals surface area contributed by atoms with E-state index in [1.807, 2.05) is 12.1 Å². The van der Waals surface area contributed by atoms with Gasteiger partial charge < -0.3 is 4.74 Å². The van der Waals surface area contributed by atoms with E-state index in [1.54, 1.807) is 11.5 Å². The molecule has 1 N–H and O–H groups in total. The van der Waals surface area contributed by atoms with E-state index in [4.69, 9.17) is 4.74 Å². The number of alkyl halides is 3. The molecule has 1 amide bonds. The fourth-order valence-corrected chi connectivity index (χ4v) is 2.01. The molecule has 2 rings (SSSR count). The number of aryl methyl sites for hydroxylation is 2. The molecule has 1 aliphatic carbocycles. The molecule has 1 aromatic carbocycles. The number of nitrogens with one attached hydrogen (secondary N) is 1. The first kappa shape index (κ1) is 14.6. The van der Waals surface area contributed by atoms with Gasteiger partial charge in [0.05, 0.1) is 0 Å². The Morgan fingerprint density at radius 2 is 2.00 bits per heavy atom. The van der Waals surface area contributed by atoms with Crippen LogP contribution in [-0.4, -0.2) is 25.3 Å². The van der Waals surface area contributed by atoms with Crippen LogP contribution in [0.2, 0.25) is 0 Å². The molecule has 0 radical (unpaired) electrons. The minimum Gasteiger partial charge on any atom is -0.484 e. The van der Waals surface area contributed by atoms with E-state index < -0.39 is 25.3 Å². The number of halogens is 3. The van der Waals surface area contributed by atoms with Crippen LogP contribution in [0.15, 0.2) is 18.2 Å². The van der Waals surface area contributed by atoms with Crippen molar-refractivity contribution in [2.75, 3.05) is 13.2 Å². The molecule has 0 saturated heterocycles. The van der Waals surface area contributed by atoms with Gasteiger partial charge in [0.2, 0.25) is 0 Å². The smallest absolute Gasteiger partial charge is 0.414 e. The number of hydrogen-bond donors (Lipinski definition) is 1. The number of benzene rings is 1. The molecule has 0 saturated carbocycles. The van der Waals surface area contributed by atoms with Crippen LogP contribution in [-0.2, 0) is 22.5 Å². The van der Waals surface area contributed by atoms with Crippen LogP contribution in [0.3, 0.4) is 0 Å². The van der Waals surface area contributed by atoms with Crippen LogP contribution in [0, 0.1) is 0 Å². The summed E-state index contributed by atoms with van der Waals surface area (Å²) in [5.41, 5.74) is 4.14. The predicted octanol–water partition coefficient (Wildman–Crippen LogP) is 2.16. The lowest BCUT2D eigenvalue weighted by molar-refractivity contribution is -0.192. The summed E-state index contributed by atoms with van der Waals surface area (Å²) in [5, 5.41) is 0. The minimum atomic E-state index is -4.48. The molecule has 1 aliphatic rings. The van der Waals surface area contributed by atoms with Crippen molar-refractivity contribution < 1.29 is 27.5 Å². The van der Waals surface area contributed by atoms with Crippen molar-refractivity contribution in [1.29, 1.82) is 0 Å². The van der Waals surface area contributed by atoms with Gasteiger partial charge in [-0.25, -0.2) is 5.48 Å². The number of carbonyl (C=O) groups is 1. The maximum Gasteiger partial charge on any atom is 0.414 e. The lowest BCUT2D eigenvalue weighted by Gasteiger charge is -2.10. The number of carbonyl (C=O) groups excluding carboxylic acids is 1. The van der Waals surface area contributed by atoms with E-state index in [9.17, 15) is 18.0 Å². The average molecular weight is 289 g/mol. The number of hydrogen-bond acceptors (Lipinski definition) is 3. The van der Waals surface area contributed by atoms with Crippen molar-refractivity contribution in [2.24, 2.45) is 0 Å². The predicted molar refractivity (Wildman–Crippen MR) is 64.1 cm³/mol. The van der Waals surface area contributed by atoms with Crippen molar-refractivity contribution in [1.82, 2.24) is 5.48 Å². The third-order valence-corrected chi connectivity index (χ3v) is 2.86. The average Bonchev–Trinajstić information content (AvgIpc) is 2.82. The van der Waals surface area contributed by atoms with Crippen LogP contribution >= 0.6 is 0 Å². The van der Waals surface area contributed by atoms with E-state index in [1.165, 1.54) is 11.1 Å². The van der Waals surface area contributed by atoms with Gasteiger partial charge in [0.25, 0.3) is 5.91 Å². The molecule has 0 aromatic heterocycles. The summed E-state index contributed by atoms with van der Waals surface area (Å²) in [7, 11) is 0. The minimum absolute atomic E-state index is 0.392. The second-order valence-electron chi connectivity index (χ2n) is 4.50. The van der Waals surface area contributed by atoms with Gasteiger partial charge in [-0.2, -0.15) is 13.2 Å². The zero-order valence-corrected chi connectivity index (χ0v) is 10.6. The monoisotopic (exact) mass is 289 g/mol. The molecular formula is C13H14F3NO3. The Morgan fingerprint density at radius 1 is 1.25 bits per heavy atom. The Bertz CT molecular complexity index is 488. The summed E-state index contributed by atoms with van der Waals surface area (Å²) in [6, 6.07) is 5.54. The summed E-state index contributed by atoms with van der Waals surface area (Å²) in [5.74, 6) is -0.244. The molecule has 110 valence electrons. The van der Waals surface area contributed by atoms with Crippen molar-refractivity contribution in [2.45, 2.75) is 25.4 Å². The first-order chi connectivity index (χ1) is 9.44. The zero-order valence-electron chi connectivity index (χ0n) is 10.6. The summed E-state index contributed by atoms with van der Waals surface area (Å²) in [6.07, 6.45) is -1.35. The van der Waals surface area contributed by atoms with Crippen LogP contribution in [0.25, 0.3) is 0 Å². The van der Waals surface area contributed by atoms with Gasteiger partial charge in [-0.05, 0) is 42.5 Å². The number of hydroxylamine groups is 1. The van der Waals surface area contributed by atoms with Gasteiger partial charge >= 0.3 is 6.18 Å². The van der Waals surface area contributed by atoms with Crippen molar-refractivity contribution >= 4 is 5.91 Å². The topological polar surface area (TPSA) is 47.6 Å². The Labute approximate surface area is 113 Å².